The lowest BCUT2D eigenvalue weighted by Gasteiger charge is -2.25. The molecule has 0 bridgehead atoms. The average Bonchev–Trinajstić information content (AvgIpc) is 2.60. The first-order valence-corrected chi connectivity index (χ1v) is 8.22. The number of hydrogen-bond acceptors (Lipinski definition) is 6. The van der Waals surface area contributed by atoms with Gasteiger partial charge >= 0.3 is 5.97 Å². The summed E-state index contributed by atoms with van der Waals surface area (Å²) in [5.74, 6) is -3.19. The van der Waals surface area contributed by atoms with Gasteiger partial charge in [-0.15, -0.1) is 0 Å². The Morgan fingerprint density at radius 1 is 0.607 bits per heavy atom. The Morgan fingerprint density at radius 2 is 0.893 bits per heavy atom. The molecule has 0 fully saturated rings. The van der Waals surface area contributed by atoms with E-state index in [1.54, 1.807) is 0 Å². The second-order valence-electron chi connectivity index (χ2n) is 6.41. The minimum Gasteiger partial charge on any atom is -0.480 e. The van der Waals surface area contributed by atoms with Crippen LogP contribution < -0.4 is 0 Å². The van der Waals surface area contributed by atoms with Crippen LogP contribution >= 0.6 is 0 Å². The Morgan fingerprint density at radius 3 is 1.18 bits per heavy atom. The lowest BCUT2D eigenvalue weighted by molar-refractivity contribution is -0.146. The van der Waals surface area contributed by atoms with Crippen molar-refractivity contribution in [2.24, 2.45) is 0 Å². The maximum absolute atomic E-state index is 12.2. The van der Waals surface area contributed by atoms with Crippen molar-refractivity contribution in [1.29, 1.82) is 0 Å². The van der Waals surface area contributed by atoms with Gasteiger partial charge in [0.2, 0.25) is 30.0 Å². The van der Waals surface area contributed by atoms with Gasteiger partial charge in [-0.2, -0.15) is 0 Å². The van der Waals surface area contributed by atoms with Gasteiger partial charge in [0.25, 0.3) is 0 Å². The van der Waals surface area contributed by atoms with Crippen LogP contribution in [0.5, 0.6) is 0 Å². The van der Waals surface area contributed by atoms with Crippen LogP contribution in [-0.2, 0) is 28.8 Å². The van der Waals surface area contributed by atoms with Crippen LogP contribution in [0.4, 0.5) is 0 Å². The molecule has 0 aliphatic rings. The third-order valence-electron chi connectivity index (χ3n) is 3.76. The van der Waals surface area contributed by atoms with E-state index in [-0.39, 0.29) is 26.2 Å². The molecule has 0 saturated carbocycles. The molecule has 12 heteroatoms. The molecule has 0 atom stereocenters. The monoisotopic (exact) mass is 401 g/mol. The van der Waals surface area contributed by atoms with Gasteiger partial charge in [-0.3, -0.25) is 28.8 Å². The number of aliphatic carboxylic acids is 1. The SMILES string of the molecule is CN(C=O)CC(=O)N(C)CC(=O)N(C)CC(=O)N(C)CC(=O)N(C)CC(=O)O. The van der Waals surface area contributed by atoms with E-state index >= 15 is 0 Å². The van der Waals surface area contributed by atoms with Gasteiger partial charge in [0.1, 0.15) is 6.54 Å². The maximum atomic E-state index is 12.2. The zero-order valence-corrected chi connectivity index (χ0v) is 16.7. The number of carboxylic acid groups (broad SMARTS) is 1. The predicted octanol–water partition coefficient (Wildman–Crippen LogP) is -3.01. The number of hydrogen-bond donors (Lipinski definition) is 1. The van der Waals surface area contributed by atoms with E-state index in [0.717, 1.165) is 24.5 Å². The number of amides is 5. The smallest absolute Gasteiger partial charge is 0.323 e. The van der Waals surface area contributed by atoms with Crippen molar-refractivity contribution in [2.45, 2.75) is 0 Å². The van der Waals surface area contributed by atoms with E-state index in [4.69, 9.17) is 5.11 Å². The van der Waals surface area contributed by atoms with Gasteiger partial charge in [-0.1, -0.05) is 0 Å². The molecule has 0 rings (SSSR count). The van der Waals surface area contributed by atoms with Crippen molar-refractivity contribution in [3.05, 3.63) is 0 Å². The third-order valence-corrected chi connectivity index (χ3v) is 3.76. The molecule has 1 N–H and O–H groups in total. The molecule has 12 nitrogen and oxygen atoms in total. The van der Waals surface area contributed by atoms with E-state index in [0.29, 0.717) is 6.41 Å². The molecule has 28 heavy (non-hydrogen) atoms. The van der Waals surface area contributed by atoms with Gasteiger partial charge in [0, 0.05) is 35.2 Å². The second-order valence-corrected chi connectivity index (χ2v) is 6.41. The molecule has 0 aliphatic carbocycles. The van der Waals surface area contributed by atoms with Gasteiger partial charge in [-0.25, -0.2) is 0 Å². The molecule has 0 saturated heterocycles. The maximum Gasteiger partial charge on any atom is 0.323 e. The largest absolute Gasteiger partial charge is 0.480 e. The number of nitrogens with zero attached hydrogens (tertiary/aromatic N) is 5. The van der Waals surface area contributed by atoms with E-state index in [1.165, 1.54) is 35.2 Å². The van der Waals surface area contributed by atoms with Crippen molar-refractivity contribution in [3.63, 3.8) is 0 Å². The highest BCUT2D eigenvalue weighted by Crippen LogP contribution is 1.96. The summed E-state index contributed by atoms with van der Waals surface area (Å²) in [6.45, 7) is -1.59. The van der Waals surface area contributed by atoms with Gasteiger partial charge in [0.05, 0.1) is 26.2 Å². The van der Waals surface area contributed by atoms with Crippen LogP contribution in [0.15, 0.2) is 0 Å². The quantitative estimate of drug-likeness (QED) is 0.364. The number of carboxylic acids is 1. The normalized spacial score (nSPS) is 9.89. The molecule has 0 aliphatic heterocycles. The van der Waals surface area contributed by atoms with E-state index in [2.05, 4.69) is 0 Å². The highest BCUT2D eigenvalue weighted by molar-refractivity contribution is 5.90. The van der Waals surface area contributed by atoms with E-state index in [9.17, 15) is 28.8 Å². The fourth-order valence-corrected chi connectivity index (χ4v) is 1.90. The van der Waals surface area contributed by atoms with Crippen molar-refractivity contribution in [1.82, 2.24) is 24.5 Å². The Kier molecular flexibility index (Phi) is 10.2. The lowest BCUT2D eigenvalue weighted by atomic mass is 10.3. The van der Waals surface area contributed by atoms with Crippen molar-refractivity contribution in [2.75, 3.05) is 68.0 Å². The van der Waals surface area contributed by atoms with Crippen LogP contribution in [0.25, 0.3) is 0 Å². The summed E-state index contributed by atoms with van der Waals surface area (Å²) in [4.78, 5) is 74.6. The number of carbonyl (C=O) groups is 6. The fraction of sp³-hybridized carbons (Fsp3) is 0.625. The second kappa shape index (κ2) is 11.5. The summed E-state index contributed by atoms with van der Waals surface area (Å²) < 4.78 is 0. The van der Waals surface area contributed by atoms with Crippen LogP contribution in [-0.4, -0.2) is 134 Å². The van der Waals surface area contributed by atoms with Crippen molar-refractivity contribution in [3.8, 4) is 0 Å². The standard InChI is InChI=1S/C16H27N5O7/c1-17(11-22)6-12(23)18(2)7-13(24)19(3)8-14(25)20(4)9-15(26)21(5)10-16(27)28/h11H,6-10H2,1-5H3,(H,27,28). The first-order chi connectivity index (χ1) is 12.9. The summed E-state index contributed by atoms with van der Waals surface area (Å²) in [5, 5.41) is 8.66. The Labute approximate surface area is 163 Å². The fourth-order valence-electron chi connectivity index (χ4n) is 1.90. The molecular weight excluding hydrogens is 374 g/mol. The minimum atomic E-state index is -1.17. The topological polar surface area (TPSA) is 139 Å². The Bertz CT molecular complexity index is 625. The molecule has 0 aromatic rings. The summed E-state index contributed by atoms with van der Waals surface area (Å²) in [6.07, 6.45) is 0.489. The predicted molar refractivity (Wildman–Crippen MR) is 96.9 cm³/mol. The highest BCUT2D eigenvalue weighted by Gasteiger charge is 2.22. The van der Waals surface area contributed by atoms with Gasteiger partial charge in [0.15, 0.2) is 0 Å². The lowest BCUT2D eigenvalue weighted by Crippen LogP contribution is -2.47. The van der Waals surface area contributed by atoms with Crippen molar-refractivity contribution < 1.29 is 33.9 Å². The molecule has 0 aromatic heterocycles. The van der Waals surface area contributed by atoms with Crippen LogP contribution in [0.3, 0.4) is 0 Å². The zero-order chi connectivity index (χ0) is 22.0. The van der Waals surface area contributed by atoms with Crippen LogP contribution in [0.2, 0.25) is 0 Å². The van der Waals surface area contributed by atoms with Gasteiger partial charge < -0.3 is 29.6 Å². The van der Waals surface area contributed by atoms with Crippen LogP contribution in [0, 0.1) is 0 Å². The van der Waals surface area contributed by atoms with Crippen LogP contribution in [0.1, 0.15) is 0 Å². The average molecular weight is 401 g/mol. The van der Waals surface area contributed by atoms with E-state index in [1.807, 2.05) is 0 Å². The highest BCUT2D eigenvalue weighted by atomic mass is 16.4. The summed E-state index contributed by atoms with van der Waals surface area (Å²) in [6, 6.07) is 0. The number of rotatable bonds is 11. The number of carbonyl (C=O) groups excluding carboxylic acids is 5. The molecular formula is C16H27N5O7. The Hall–Kier alpha value is -3.18. The summed E-state index contributed by atoms with van der Waals surface area (Å²) in [5.41, 5.74) is 0. The minimum absolute atomic E-state index is 0.176. The third kappa shape index (κ3) is 8.96. The first kappa shape index (κ1) is 24.8. The first-order valence-electron chi connectivity index (χ1n) is 8.22. The van der Waals surface area contributed by atoms with Crippen molar-refractivity contribution >= 4 is 36.0 Å². The van der Waals surface area contributed by atoms with E-state index < -0.39 is 36.1 Å². The molecule has 5 amide bonds. The molecule has 0 aromatic carbocycles. The summed E-state index contributed by atoms with van der Waals surface area (Å²) >= 11 is 0. The zero-order valence-electron chi connectivity index (χ0n) is 16.7. The number of likely N-dealkylation sites (N-methyl/N-ethyl adjacent to an activating group) is 5. The molecule has 0 unspecified atom stereocenters. The molecule has 0 heterocycles. The summed E-state index contributed by atoms with van der Waals surface area (Å²) in [7, 11) is 6.87. The Balaban J connectivity index is 4.56. The molecule has 0 spiro atoms. The van der Waals surface area contributed by atoms with Gasteiger partial charge in [-0.05, 0) is 0 Å². The molecule has 0 radical (unpaired) electrons. The molecule has 158 valence electrons.